The fraction of sp³-hybridized carbons (Fsp3) is 0.125. The molecule has 3 heteroatoms. The molecule has 58 valence electrons. The van der Waals surface area contributed by atoms with E-state index in [9.17, 15) is 5.11 Å². The third-order valence-corrected chi connectivity index (χ3v) is 1.61. The van der Waals surface area contributed by atoms with Crippen LogP contribution in [0.3, 0.4) is 0 Å². The monoisotopic (exact) mass is 169 g/mol. The van der Waals surface area contributed by atoms with Crippen molar-refractivity contribution in [2.45, 2.75) is 6.10 Å². The molecule has 0 aromatic carbocycles. The Morgan fingerprint density at radius 3 is 3.00 bits per heavy atom. The van der Waals surface area contributed by atoms with Crippen LogP contribution in [0, 0.1) is 0 Å². The van der Waals surface area contributed by atoms with Crippen molar-refractivity contribution in [1.82, 2.24) is 4.98 Å². The van der Waals surface area contributed by atoms with E-state index < -0.39 is 6.10 Å². The number of aliphatic hydroxyl groups is 1. The Hall–Kier alpha value is -0.860. The van der Waals surface area contributed by atoms with Gasteiger partial charge in [-0.1, -0.05) is 17.7 Å². The molecule has 0 radical (unpaired) electrons. The number of aliphatic hydroxyl groups excluding tert-OH is 1. The summed E-state index contributed by atoms with van der Waals surface area (Å²) >= 11 is 5.73. The zero-order chi connectivity index (χ0) is 8.27. The van der Waals surface area contributed by atoms with E-state index in [0.717, 1.165) is 0 Å². The van der Waals surface area contributed by atoms with Crippen LogP contribution in [-0.4, -0.2) is 10.1 Å². The zero-order valence-electron chi connectivity index (χ0n) is 5.87. The first-order chi connectivity index (χ1) is 5.25. The van der Waals surface area contributed by atoms with E-state index >= 15 is 0 Å². The molecule has 0 aliphatic carbocycles. The van der Waals surface area contributed by atoms with Gasteiger partial charge >= 0.3 is 0 Å². The number of hydrogen-bond acceptors (Lipinski definition) is 2. The van der Waals surface area contributed by atoms with Crippen molar-refractivity contribution >= 4 is 11.6 Å². The molecule has 1 aromatic rings. The second-order valence-corrected chi connectivity index (χ2v) is 2.46. The Kier molecular flexibility index (Phi) is 2.63. The Labute approximate surface area is 70.2 Å². The molecule has 0 saturated carbocycles. The summed E-state index contributed by atoms with van der Waals surface area (Å²) in [5.74, 6) is 0. The molecule has 1 rings (SSSR count). The van der Waals surface area contributed by atoms with Crippen molar-refractivity contribution in [3.63, 3.8) is 0 Å². The first-order valence-electron chi connectivity index (χ1n) is 3.16. The molecule has 1 unspecified atom stereocenters. The molecule has 0 saturated heterocycles. The van der Waals surface area contributed by atoms with Crippen molar-refractivity contribution in [2.75, 3.05) is 0 Å². The summed E-state index contributed by atoms with van der Waals surface area (Å²) in [6.07, 6.45) is 2.19. The standard InChI is InChI=1S/C8H8ClNO/c1-2-7(11)8-6(9)4-3-5-10-8/h2-5,7,11H,1H2. The fourth-order valence-electron chi connectivity index (χ4n) is 0.727. The van der Waals surface area contributed by atoms with Crippen LogP contribution >= 0.6 is 11.6 Å². The molecule has 1 heterocycles. The van der Waals surface area contributed by atoms with Gasteiger partial charge in [0.1, 0.15) is 6.10 Å². The highest BCUT2D eigenvalue weighted by Gasteiger charge is 2.07. The molecule has 1 N–H and O–H groups in total. The van der Waals surface area contributed by atoms with Gasteiger partial charge in [0.25, 0.3) is 0 Å². The summed E-state index contributed by atoms with van der Waals surface area (Å²) in [6.45, 7) is 3.43. The number of halogens is 1. The third-order valence-electron chi connectivity index (χ3n) is 1.29. The van der Waals surface area contributed by atoms with Gasteiger partial charge in [-0.05, 0) is 12.1 Å². The van der Waals surface area contributed by atoms with Crippen LogP contribution in [0.5, 0.6) is 0 Å². The van der Waals surface area contributed by atoms with Gasteiger partial charge in [0, 0.05) is 6.20 Å². The summed E-state index contributed by atoms with van der Waals surface area (Å²) in [7, 11) is 0. The maximum absolute atomic E-state index is 9.25. The van der Waals surface area contributed by atoms with Crippen LogP contribution in [-0.2, 0) is 0 Å². The molecule has 2 nitrogen and oxygen atoms in total. The lowest BCUT2D eigenvalue weighted by atomic mass is 10.2. The Balaban J connectivity index is 3.02. The predicted octanol–water partition coefficient (Wildman–Crippen LogP) is 1.95. The summed E-state index contributed by atoms with van der Waals surface area (Å²) in [4.78, 5) is 3.90. The Morgan fingerprint density at radius 2 is 2.45 bits per heavy atom. The van der Waals surface area contributed by atoms with Gasteiger partial charge in [-0.2, -0.15) is 0 Å². The molecule has 1 aromatic heterocycles. The van der Waals surface area contributed by atoms with Crippen molar-refractivity contribution in [3.8, 4) is 0 Å². The highest BCUT2D eigenvalue weighted by Crippen LogP contribution is 2.19. The average Bonchev–Trinajstić information content (AvgIpc) is 2.04. The van der Waals surface area contributed by atoms with Crippen LogP contribution < -0.4 is 0 Å². The van der Waals surface area contributed by atoms with Gasteiger partial charge in [-0.25, -0.2) is 0 Å². The summed E-state index contributed by atoms with van der Waals surface area (Å²) in [5, 5.41) is 9.70. The van der Waals surface area contributed by atoms with Crippen molar-refractivity contribution in [1.29, 1.82) is 0 Å². The van der Waals surface area contributed by atoms with Crippen molar-refractivity contribution in [2.24, 2.45) is 0 Å². The molecule has 0 aliphatic heterocycles. The zero-order valence-corrected chi connectivity index (χ0v) is 6.62. The summed E-state index contributed by atoms with van der Waals surface area (Å²) in [5.41, 5.74) is 0.448. The van der Waals surface area contributed by atoms with Crippen LogP contribution in [0.25, 0.3) is 0 Å². The largest absolute Gasteiger partial charge is 0.383 e. The maximum Gasteiger partial charge on any atom is 0.115 e. The first-order valence-corrected chi connectivity index (χ1v) is 3.54. The van der Waals surface area contributed by atoms with Crippen molar-refractivity contribution < 1.29 is 5.11 Å². The van der Waals surface area contributed by atoms with Crippen LogP contribution in [0.15, 0.2) is 31.0 Å². The van der Waals surface area contributed by atoms with Gasteiger partial charge in [-0.3, -0.25) is 4.98 Å². The molecule has 0 bridgehead atoms. The number of pyridine rings is 1. The minimum atomic E-state index is -0.774. The first kappa shape index (κ1) is 8.24. The summed E-state index contributed by atoms with van der Waals surface area (Å²) in [6, 6.07) is 3.39. The smallest absolute Gasteiger partial charge is 0.115 e. The van der Waals surface area contributed by atoms with E-state index in [1.165, 1.54) is 6.08 Å². The minimum Gasteiger partial charge on any atom is -0.383 e. The van der Waals surface area contributed by atoms with Crippen LogP contribution in [0.2, 0.25) is 5.02 Å². The molecule has 11 heavy (non-hydrogen) atoms. The number of hydrogen-bond donors (Lipinski definition) is 1. The molecule has 1 atom stereocenters. The Morgan fingerprint density at radius 1 is 1.73 bits per heavy atom. The molecule has 0 fully saturated rings. The number of rotatable bonds is 2. The number of aromatic nitrogens is 1. The SMILES string of the molecule is C=CC(O)c1ncccc1Cl. The van der Waals surface area contributed by atoms with E-state index in [0.29, 0.717) is 10.7 Å². The second-order valence-electron chi connectivity index (χ2n) is 2.05. The van der Waals surface area contributed by atoms with E-state index in [-0.39, 0.29) is 0 Å². The lowest BCUT2D eigenvalue weighted by molar-refractivity contribution is 0.224. The molecular formula is C8H8ClNO. The highest BCUT2D eigenvalue weighted by molar-refractivity contribution is 6.31. The van der Waals surface area contributed by atoms with Crippen LogP contribution in [0.1, 0.15) is 11.8 Å². The van der Waals surface area contributed by atoms with Gasteiger partial charge < -0.3 is 5.11 Å². The normalized spacial score (nSPS) is 12.5. The van der Waals surface area contributed by atoms with E-state index in [1.807, 2.05) is 0 Å². The van der Waals surface area contributed by atoms with Crippen molar-refractivity contribution in [3.05, 3.63) is 41.7 Å². The number of nitrogens with zero attached hydrogens (tertiary/aromatic N) is 1. The molecule has 0 spiro atoms. The predicted molar refractivity (Wildman–Crippen MR) is 44.4 cm³/mol. The lowest BCUT2D eigenvalue weighted by Gasteiger charge is -2.04. The minimum absolute atomic E-state index is 0.448. The van der Waals surface area contributed by atoms with Gasteiger partial charge in [0.2, 0.25) is 0 Å². The summed E-state index contributed by atoms with van der Waals surface area (Å²) < 4.78 is 0. The average molecular weight is 170 g/mol. The van der Waals surface area contributed by atoms with E-state index in [4.69, 9.17) is 11.6 Å². The van der Waals surface area contributed by atoms with Gasteiger partial charge in [-0.15, -0.1) is 6.58 Å². The molecule has 0 amide bonds. The Bertz CT molecular complexity index is 262. The third kappa shape index (κ3) is 1.79. The highest BCUT2D eigenvalue weighted by atomic mass is 35.5. The lowest BCUT2D eigenvalue weighted by Crippen LogP contribution is -1.96. The van der Waals surface area contributed by atoms with Crippen LogP contribution in [0.4, 0.5) is 0 Å². The van der Waals surface area contributed by atoms with Gasteiger partial charge in [0.15, 0.2) is 0 Å². The van der Waals surface area contributed by atoms with Gasteiger partial charge in [0.05, 0.1) is 10.7 Å². The topological polar surface area (TPSA) is 33.1 Å². The molecule has 0 aliphatic rings. The fourth-order valence-corrected chi connectivity index (χ4v) is 0.960. The quantitative estimate of drug-likeness (QED) is 0.687. The second kappa shape index (κ2) is 3.51. The van der Waals surface area contributed by atoms with E-state index in [1.54, 1.807) is 18.3 Å². The molecular weight excluding hydrogens is 162 g/mol. The van der Waals surface area contributed by atoms with E-state index in [2.05, 4.69) is 11.6 Å². The maximum atomic E-state index is 9.25.